The fourth-order valence-electron chi connectivity index (χ4n) is 3.36. The Labute approximate surface area is 180 Å². The number of benzene rings is 1. The zero-order chi connectivity index (χ0) is 22.4. The number of carbonyl (C=O) groups is 2. The predicted octanol–water partition coefficient (Wildman–Crippen LogP) is 3.14. The SMILES string of the molecule is CC(=O)NCC1CN(c2ccc(-c3ccc(CN(C)CCCF)nc3)c(F)c2)C(=O)O1. The summed E-state index contributed by atoms with van der Waals surface area (Å²) in [5, 5.41) is 2.60. The number of amides is 2. The van der Waals surface area contributed by atoms with E-state index in [0.29, 0.717) is 36.3 Å². The standard InChI is InChI=1S/C22H26F2N4O3/c1-15(29)25-12-19-14-28(22(30)31-19)18-6-7-20(21(24)10-18)16-4-5-17(26-11-16)13-27(2)9-3-8-23/h4-7,10-11,19H,3,8-9,12-14H2,1-2H3,(H,25,29). The predicted molar refractivity (Wildman–Crippen MR) is 113 cm³/mol. The van der Waals surface area contributed by atoms with Crippen LogP contribution in [0.5, 0.6) is 0 Å². The molecule has 7 nitrogen and oxygen atoms in total. The molecule has 1 fully saturated rings. The van der Waals surface area contributed by atoms with Crippen molar-refractivity contribution in [2.45, 2.75) is 26.0 Å². The molecule has 31 heavy (non-hydrogen) atoms. The van der Waals surface area contributed by atoms with Gasteiger partial charge in [-0.05, 0) is 37.7 Å². The molecule has 2 amide bonds. The summed E-state index contributed by atoms with van der Waals surface area (Å²) in [7, 11) is 1.90. The van der Waals surface area contributed by atoms with Crippen molar-refractivity contribution >= 4 is 17.7 Å². The molecule has 2 aromatic rings. The molecule has 1 aliphatic rings. The maximum atomic E-state index is 14.8. The van der Waals surface area contributed by atoms with E-state index in [0.717, 1.165) is 5.69 Å². The third-order valence-electron chi connectivity index (χ3n) is 4.96. The van der Waals surface area contributed by atoms with Crippen LogP contribution in [-0.4, -0.2) is 61.3 Å². The topological polar surface area (TPSA) is 74.8 Å². The van der Waals surface area contributed by atoms with Crippen LogP contribution in [0.2, 0.25) is 0 Å². The van der Waals surface area contributed by atoms with E-state index < -0.39 is 18.0 Å². The zero-order valence-corrected chi connectivity index (χ0v) is 17.6. The molecule has 0 bridgehead atoms. The van der Waals surface area contributed by atoms with Gasteiger partial charge in [0, 0.05) is 37.3 Å². The van der Waals surface area contributed by atoms with E-state index in [9.17, 15) is 18.4 Å². The Morgan fingerprint density at radius 1 is 1.35 bits per heavy atom. The molecule has 0 saturated carbocycles. The van der Waals surface area contributed by atoms with Crippen LogP contribution in [0.3, 0.4) is 0 Å². The van der Waals surface area contributed by atoms with Crippen molar-refractivity contribution in [3.63, 3.8) is 0 Å². The van der Waals surface area contributed by atoms with Gasteiger partial charge in [-0.2, -0.15) is 0 Å². The number of alkyl halides is 1. The van der Waals surface area contributed by atoms with Gasteiger partial charge >= 0.3 is 6.09 Å². The zero-order valence-electron chi connectivity index (χ0n) is 17.6. The molecule has 1 aliphatic heterocycles. The molecule has 0 spiro atoms. The van der Waals surface area contributed by atoms with Crippen LogP contribution < -0.4 is 10.2 Å². The first-order valence-corrected chi connectivity index (χ1v) is 10.1. The minimum Gasteiger partial charge on any atom is -0.442 e. The first kappa shape index (κ1) is 22.6. The van der Waals surface area contributed by atoms with Crippen LogP contribution in [0.25, 0.3) is 11.1 Å². The number of hydrogen-bond acceptors (Lipinski definition) is 5. The van der Waals surface area contributed by atoms with Crippen LogP contribution in [0.4, 0.5) is 19.3 Å². The summed E-state index contributed by atoms with van der Waals surface area (Å²) >= 11 is 0. The van der Waals surface area contributed by atoms with E-state index in [1.54, 1.807) is 24.4 Å². The van der Waals surface area contributed by atoms with Crippen molar-refractivity contribution in [2.24, 2.45) is 0 Å². The lowest BCUT2D eigenvalue weighted by Gasteiger charge is -2.16. The van der Waals surface area contributed by atoms with Crippen molar-refractivity contribution < 1.29 is 23.1 Å². The lowest BCUT2D eigenvalue weighted by atomic mass is 10.1. The van der Waals surface area contributed by atoms with Gasteiger partial charge in [-0.1, -0.05) is 6.07 Å². The average Bonchev–Trinajstić information content (AvgIpc) is 3.12. The van der Waals surface area contributed by atoms with Gasteiger partial charge < -0.3 is 15.0 Å². The van der Waals surface area contributed by atoms with E-state index in [4.69, 9.17) is 4.74 Å². The minimum absolute atomic E-state index is 0.207. The van der Waals surface area contributed by atoms with Gasteiger partial charge in [0.05, 0.1) is 31.1 Å². The maximum absolute atomic E-state index is 14.8. The Morgan fingerprint density at radius 3 is 2.81 bits per heavy atom. The van der Waals surface area contributed by atoms with Gasteiger partial charge in [0.1, 0.15) is 11.9 Å². The fraction of sp³-hybridized carbons (Fsp3) is 0.409. The van der Waals surface area contributed by atoms with Crippen molar-refractivity contribution in [2.75, 3.05) is 38.3 Å². The molecule has 166 valence electrons. The number of ether oxygens (including phenoxy) is 1. The number of anilines is 1. The molecule has 1 aromatic heterocycles. The highest BCUT2D eigenvalue weighted by Crippen LogP contribution is 2.29. The molecule has 1 saturated heterocycles. The van der Waals surface area contributed by atoms with Gasteiger partial charge in [-0.3, -0.25) is 19.1 Å². The number of cyclic esters (lactones) is 1. The van der Waals surface area contributed by atoms with E-state index in [1.807, 2.05) is 18.0 Å². The summed E-state index contributed by atoms with van der Waals surface area (Å²) in [5.41, 5.74) is 2.19. The molecule has 0 radical (unpaired) electrons. The highest BCUT2D eigenvalue weighted by Gasteiger charge is 2.32. The third kappa shape index (κ3) is 5.97. The molecular formula is C22H26F2N4O3. The Kier molecular flexibility index (Phi) is 7.51. The Hall–Kier alpha value is -3.07. The van der Waals surface area contributed by atoms with Gasteiger partial charge in [0.25, 0.3) is 0 Å². The van der Waals surface area contributed by atoms with Gasteiger partial charge in [-0.15, -0.1) is 0 Å². The van der Waals surface area contributed by atoms with E-state index >= 15 is 0 Å². The van der Waals surface area contributed by atoms with Crippen molar-refractivity contribution in [3.8, 4) is 11.1 Å². The van der Waals surface area contributed by atoms with Crippen molar-refractivity contribution in [1.29, 1.82) is 0 Å². The molecule has 1 atom stereocenters. The van der Waals surface area contributed by atoms with Gasteiger partial charge in [0.2, 0.25) is 5.91 Å². The summed E-state index contributed by atoms with van der Waals surface area (Å²) in [6.45, 7) is 2.69. The number of nitrogens with zero attached hydrogens (tertiary/aromatic N) is 3. The number of pyridine rings is 1. The Morgan fingerprint density at radius 2 is 2.16 bits per heavy atom. The van der Waals surface area contributed by atoms with Crippen molar-refractivity contribution in [1.82, 2.24) is 15.2 Å². The monoisotopic (exact) mass is 432 g/mol. The second-order valence-corrected chi connectivity index (χ2v) is 7.54. The Bertz CT molecular complexity index is 923. The number of halogens is 2. The van der Waals surface area contributed by atoms with E-state index in [1.165, 1.54) is 17.9 Å². The normalized spacial score (nSPS) is 16.0. The van der Waals surface area contributed by atoms with Gasteiger partial charge in [-0.25, -0.2) is 9.18 Å². The molecule has 2 heterocycles. The third-order valence-corrected chi connectivity index (χ3v) is 4.96. The molecular weight excluding hydrogens is 406 g/mol. The maximum Gasteiger partial charge on any atom is 0.414 e. The first-order valence-electron chi connectivity index (χ1n) is 10.1. The highest BCUT2D eigenvalue weighted by atomic mass is 19.1. The average molecular weight is 432 g/mol. The summed E-state index contributed by atoms with van der Waals surface area (Å²) in [4.78, 5) is 30.8. The summed E-state index contributed by atoms with van der Waals surface area (Å²) in [6, 6.07) is 8.15. The lowest BCUT2D eigenvalue weighted by molar-refractivity contribution is -0.119. The van der Waals surface area contributed by atoms with Crippen LogP contribution >= 0.6 is 0 Å². The minimum atomic E-state index is -0.578. The van der Waals surface area contributed by atoms with Crippen molar-refractivity contribution in [3.05, 3.63) is 48.0 Å². The number of rotatable bonds is 9. The highest BCUT2D eigenvalue weighted by molar-refractivity contribution is 5.90. The van der Waals surface area contributed by atoms with E-state index in [2.05, 4.69) is 10.3 Å². The second kappa shape index (κ2) is 10.3. The Balaban J connectivity index is 1.67. The molecule has 1 N–H and O–H groups in total. The smallest absolute Gasteiger partial charge is 0.414 e. The molecule has 9 heteroatoms. The second-order valence-electron chi connectivity index (χ2n) is 7.54. The first-order chi connectivity index (χ1) is 14.9. The molecule has 0 aliphatic carbocycles. The largest absolute Gasteiger partial charge is 0.442 e. The van der Waals surface area contributed by atoms with Crippen LogP contribution in [-0.2, 0) is 16.1 Å². The number of carbonyl (C=O) groups excluding carboxylic acids is 2. The van der Waals surface area contributed by atoms with Gasteiger partial charge in [0.15, 0.2) is 0 Å². The summed E-state index contributed by atoms with van der Waals surface area (Å²) in [6.07, 6.45) is 1.01. The number of aromatic nitrogens is 1. The van der Waals surface area contributed by atoms with E-state index in [-0.39, 0.29) is 25.7 Å². The molecule has 1 aromatic carbocycles. The summed E-state index contributed by atoms with van der Waals surface area (Å²) in [5.74, 6) is -0.693. The number of nitrogens with one attached hydrogen (secondary N) is 1. The number of hydrogen-bond donors (Lipinski definition) is 1. The molecule has 1 unspecified atom stereocenters. The van der Waals surface area contributed by atoms with Crippen LogP contribution in [0.1, 0.15) is 19.0 Å². The fourth-order valence-corrected chi connectivity index (χ4v) is 3.36. The quantitative estimate of drug-likeness (QED) is 0.659. The van der Waals surface area contributed by atoms with Crippen LogP contribution in [0.15, 0.2) is 36.5 Å². The van der Waals surface area contributed by atoms with Crippen LogP contribution in [0, 0.1) is 5.82 Å². The lowest BCUT2D eigenvalue weighted by Crippen LogP contribution is -2.33. The summed E-state index contributed by atoms with van der Waals surface area (Å²) < 4.78 is 32.3. The molecule has 3 rings (SSSR count).